The van der Waals surface area contributed by atoms with Crippen molar-refractivity contribution >= 4 is 17.7 Å². The van der Waals surface area contributed by atoms with E-state index in [0.717, 1.165) is 5.56 Å². The summed E-state index contributed by atoms with van der Waals surface area (Å²) in [5.41, 5.74) is 0.772. The molecule has 0 fully saturated rings. The number of rotatable bonds is 6. The molecule has 20 heavy (non-hydrogen) atoms. The van der Waals surface area contributed by atoms with Gasteiger partial charge in [-0.3, -0.25) is 0 Å². The van der Waals surface area contributed by atoms with Crippen molar-refractivity contribution in [1.82, 2.24) is 5.32 Å². The lowest BCUT2D eigenvalue weighted by atomic mass is 10.2. The Balaban J connectivity index is 2.65. The number of carboxylic acid groups (broad SMARTS) is 1. The highest BCUT2D eigenvalue weighted by atomic mass is 19.1. The van der Waals surface area contributed by atoms with Crippen molar-refractivity contribution in [3.8, 4) is 0 Å². The molecule has 1 aromatic carbocycles. The first-order valence-corrected chi connectivity index (χ1v) is 5.99. The SMILES string of the molecule is COCCC(NC(=O)Nc1cc(C)ccc1F)C(=O)O. The summed E-state index contributed by atoms with van der Waals surface area (Å²) in [6.07, 6.45) is 0.121. The molecule has 110 valence electrons. The summed E-state index contributed by atoms with van der Waals surface area (Å²) in [5.74, 6) is -1.77. The molecule has 0 heterocycles. The normalized spacial score (nSPS) is 11.8. The van der Waals surface area contributed by atoms with Crippen LogP contribution in [-0.4, -0.2) is 36.9 Å². The predicted octanol–water partition coefficient (Wildman–Crippen LogP) is 1.75. The largest absolute Gasteiger partial charge is 0.480 e. The van der Waals surface area contributed by atoms with Crippen molar-refractivity contribution in [2.45, 2.75) is 19.4 Å². The highest BCUT2D eigenvalue weighted by Gasteiger charge is 2.20. The molecule has 0 aliphatic rings. The average molecular weight is 284 g/mol. The van der Waals surface area contributed by atoms with Crippen LogP contribution in [0.5, 0.6) is 0 Å². The third-order valence-electron chi connectivity index (χ3n) is 2.58. The summed E-state index contributed by atoms with van der Waals surface area (Å²) < 4.78 is 18.2. The molecule has 0 radical (unpaired) electrons. The number of aliphatic carboxylic acids is 1. The maximum absolute atomic E-state index is 13.4. The highest BCUT2D eigenvalue weighted by molar-refractivity contribution is 5.92. The number of benzene rings is 1. The number of urea groups is 1. The Bertz CT molecular complexity index is 493. The second-order valence-corrected chi connectivity index (χ2v) is 4.25. The minimum atomic E-state index is -1.18. The van der Waals surface area contributed by atoms with Gasteiger partial charge in [-0.05, 0) is 24.6 Å². The van der Waals surface area contributed by atoms with Crippen LogP contribution >= 0.6 is 0 Å². The van der Waals surface area contributed by atoms with Crippen molar-refractivity contribution in [1.29, 1.82) is 0 Å². The Kier molecular flexibility index (Phi) is 5.92. The fourth-order valence-corrected chi connectivity index (χ4v) is 1.54. The molecule has 2 amide bonds. The van der Waals surface area contributed by atoms with E-state index >= 15 is 0 Å². The molecule has 0 aromatic heterocycles. The van der Waals surface area contributed by atoms with E-state index in [1.165, 1.54) is 19.2 Å². The lowest BCUT2D eigenvalue weighted by Crippen LogP contribution is -2.43. The third kappa shape index (κ3) is 4.85. The van der Waals surface area contributed by atoms with E-state index in [9.17, 15) is 14.0 Å². The Hall–Kier alpha value is -2.15. The van der Waals surface area contributed by atoms with Gasteiger partial charge in [0.15, 0.2) is 0 Å². The van der Waals surface area contributed by atoms with Gasteiger partial charge in [0.05, 0.1) is 5.69 Å². The topological polar surface area (TPSA) is 87.7 Å². The molecule has 0 saturated carbocycles. The molecule has 1 unspecified atom stereocenters. The van der Waals surface area contributed by atoms with Crippen LogP contribution in [0.4, 0.5) is 14.9 Å². The van der Waals surface area contributed by atoms with E-state index in [0.29, 0.717) is 0 Å². The molecule has 1 atom stereocenters. The van der Waals surface area contributed by atoms with Gasteiger partial charge < -0.3 is 20.5 Å². The van der Waals surface area contributed by atoms with E-state index in [1.54, 1.807) is 13.0 Å². The molecule has 1 aromatic rings. The van der Waals surface area contributed by atoms with Crippen LogP contribution in [-0.2, 0) is 9.53 Å². The Morgan fingerprint density at radius 3 is 2.75 bits per heavy atom. The van der Waals surface area contributed by atoms with Gasteiger partial charge in [-0.15, -0.1) is 0 Å². The number of methoxy groups -OCH3 is 1. The number of carbonyl (C=O) groups is 2. The number of ether oxygens (including phenoxy) is 1. The summed E-state index contributed by atoms with van der Waals surface area (Å²) in [7, 11) is 1.43. The zero-order chi connectivity index (χ0) is 15.1. The summed E-state index contributed by atoms with van der Waals surface area (Å²) in [4.78, 5) is 22.6. The second kappa shape index (κ2) is 7.44. The molecular formula is C13H17FN2O4. The molecule has 0 spiro atoms. The Labute approximate surface area is 115 Å². The minimum Gasteiger partial charge on any atom is -0.480 e. The zero-order valence-electron chi connectivity index (χ0n) is 11.3. The number of carbonyl (C=O) groups excluding carboxylic acids is 1. The predicted molar refractivity (Wildman–Crippen MR) is 71.2 cm³/mol. The van der Waals surface area contributed by atoms with E-state index in [1.807, 2.05) is 0 Å². The molecule has 0 aliphatic heterocycles. The Morgan fingerprint density at radius 1 is 1.45 bits per heavy atom. The van der Waals surface area contributed by atoms with Crippen LogP contribution < -0.4 is 10.6 Å². The van der Waals surface area contributed by atoms with Crippen molar-refractivity contribution in [2.24, 2.45) is 0 Å². The number of nitrogens with one attached hydrogen (secondary N) is 2. The van der Waals surface area contributed by atoms with E-state index in [4.69, 9.17) is 9.84 Å². The number of aryl methyl sites for hydroxylation is 1. The van der Waals surface area contributed by atoms with Gasteiger partial charge in [0, 0.05) is 20.1 Å². The van der Waals surface area contributed by atoms with Crippen LogP contribution in [0.25, 0.3) is 0 Å². The van der Waals surface area contributed by atoms with E-state index < -0.39 is 23.9 Å². The molecule has 6 nitrogen and oxygen atoms in total. The fourth-order valence-electron chi connectivity index (χ4n) is 1.54. The number of hydrogen-bond acceptors (Lipinski definition) is 3. The molecule has 3 N–H and O–H groups in total. The lowest BCUT2D eigenvalue weighted by molar-refractivity contribution is -0.139. The van der Waals surface area contributed by atoms with Crippen LogP contribution in [0.3, 0.4) is 0 Å². The van der Waals surface area contributed by atoms with Crippen LogP contribution in [0, 0.1) is 12.7 Å². The number of anilines is 1. The number of carboxylic acids is 1. The van der Waals surface area contributed by atoms with Gasteiger partial charge in [0.25, 0.3) is 0 Å². The van der Waals surface area contributed by atoms with Gasteiger partial charge in [0.2, 0.25) is 0 Å². The maximum Gasteiger partial charge on any atom is 0.326 e. The first-order valence-electron chi connectivity index (χ1n) is 5.99. The summed E-state index contributed by atoms with van der Waals surface area (Å²) in [5, 5.41) is 13.5. The van der Waals surface area contributed by atoms with Gasteiger partial charge in [-0.25, -0.2) is 14.0 Å². The number of hydrogen-bond donors (Lipinski definition) is 3. The lowest BCUT2D eigenvalue weighted by Gasteiger charge is -2.15. The van der Waals surface area contributed by atoms with Crippen molar-refractivity contribution in [3.63, 3.8) is 0 Å². The van der Waals surface area contributed by atoms with E-state index in [-0.39, 0.29) is 18.7 Å². The maximum atomic E-state index is 13.4. The third-order valence-corrected chi connectivity index (χ3v) is 2.58. The monoisotopic (exact) mass is 284 g/mol. The fraction of sp³-hybridized carbons (Fsp3) is 0.385. The summed E-state index contributed by atoms with van der Waals surface area (Å²) in [6.45, 7) is 1.94. The second-order valence-electron chi connectivity index (χ2n) is 4.25. The van der Waals surface area contributed by atoms with Gasteiger partial charge in [-0.2, -0.15) is 0 Å². The van der Waals surface area contributed by atoms with Crippen LogP contribution in [0.2, 0.25) is 0 Å². The summed E-state index contributed by atoms with van der Waals surface area (Å²) in [6, 6.07) is 2.38. The van der Waals surface area contributed by atoms with Gasteiger partial charge >= 0.3 is 12.0 Å². The molecule has 0 saturated heterocycles. The van der Waals surface area contributed by atoms with Crippen molar-refractivity contribution < 1.29 is 23.8 Å². The van der Waals surface area contributed by atoms with Crippen LogP contribution in [0.1, 0.15) is 12.0 Å². The molecule has 7 heteroatoms. The summed E-state index contributed by atoms with van der Waals surface area (Å²) >= 11 is 0. The minimum absolute atomic E-state index is 0.00150. The molecule has 0 bridgehead atoms. The van der Waals surface area contributed by atoms with Crippen LogP contribution in [0.15, 0.2) is 18.2 Å². The average Bonchev–Trinajstić information content (AvgIpc) is 2.38. The van der Waals surface area contributed by atoms with Crippen molar-refractivity contribution in [2.75, 3.05) is 19.0 Å². The van der Waals surface area contributed by atoms with E-state index in [2.05, 4.69) is 10.6 Å². The zero-order valence-corrected chi connectivity index (χ0v) is 11.3. The quantitative estimate of drug-likeness (QED) is 0.742. The molecule has 0 aliphatic carbocycles. The standard InChI is InChI=1S/C13H17FN2O4/c1-8-3-4-9(14)11(7-8)16-13(19)15-10(12(17)18)5-6-20-2/h3-4,7,10H,5-6H2,1-2H3,(H,17,18)(H2,15,16,19). The highest BCUT2D eigenvalue weighted by Crippen LogP contribution is 2.15. The smallest absolute Gasteiger partial charge is 0.326 e. The number of amides is 2. The first-order chi connectivity index (χ1) is 9.43. The first kappa shape index (κ1) is 15.9. The molecule has 1 rings (SSSR count). The van der Waals surface area contributed by atoms with Gasteiger partial charge in [0.1, 0.15) is 11.9 Å². The van der Waals surface area contributed by atoms with Gasteiger partial charge in [-0.1, -0.05) is 6.07 Å². The Morgan fingerprint density at radius 2 is 2.15 bits per heavy atom. The number of halogens is 1. The molecular weight excluding hydrogens is 267 g/mol. The van der Waals surface area contributed by atoms with Crippen molar-refractivity contribution in [3.05, 3.63) is 29.6 Å².